The minimum Gasteiger partial charge on any atom is -0.375 e. The van der Waals surface area contributed by atoms with Crippen LogP contribution >= 0.6 is 11.8 Å². The second-order valence-corrected chi connectivity index (χ2v) is 8.21. The molecular formula is C17H28O2S. The number of rotatable bonds is 4. The van der Waals surface area contributed by atoms with Crippen LogP contribution in [-0.2, 0) is 9.53 Å². The first-order valence-corrected chi connectivity index (χ1v) is 9.67. The molecule has 2 nitrogen and oxygen atoms in total. The van der Waals surface area contributed by atoms with Crippen molar-refractivity contribution < 1.29 is 9.53 Å². The Morgan fingerprint density at radius 1 is 1.15 bits per heavy atom. The molecule has 0 amide bonds. The summed E-state index contributed by atoms with van der Waals surface area (Å²) in [7, 11) is 0. The standard InChI is InChI=1S/C17H28O2S/c18-16(6-5-14-3-1-2-4-14)15-7-10-19-17(13-15)8-11-20-12-9-17/h14-15H,1-13H2. The molecule has 0 aromatic rings. The number of carbonyl (C=O) groups is 1. The zero-order valence-corrected chi connectivity index (χ0v) is 13.4. The summed E-state index contributed by atoms with van der Waals surface area (Å²) in [6, 6.07) is 0. The first kappa shape index (κ1) is 14.9. The van der Waals surface area contributed by atoms with Crippen molar-refractivity contribution in [3.05, 3.63) is 0 Å². The molecule has 1 aliphatic carbocycles. The van der Waals surface area contributed by atoms with Gasteiger partial charge in [0.05, 0.1) is 5.60 Å². The van der Waals surface area contributed by atoms with Crippen molar-refractivity contribution in [3.63, 3.8) is 0 Å². The molecule has 1 saturated carbocycles. The molecule has 0 radical (unpaired) electrons. The van der Waals surface area contributed by atoms with E-state index in [0.29, 0.717) is 11.7 Å². The van der Waals surface area contributed by atoms with Crippen LogP contribution in [0.4, 0.5) is 0 Å². The van der Waals surface area contributed by atoms with E-state index in [1.54, 1.807) is 0 Å². The van der Waals surface area contributed by atoms with Crippen LogP contribution in [0.5, 0.6) is 0 Å². The van der Waals surface area contributed by atoms with E-state index >= 15 is 0 Å². The van der Waals surface area contributed by atoms with Crippen molar-refractivity contribution in [1.29, 1.82) is 0 Å². The molecule has 0 bridgehead atoms. The van der Waals surface area contributed by atoms with Gasteiger partial charge in [0.25, 0.3) is 0 Å². The Kier molecular flexibility index (Phi) is 5.09. The quantitative estimate of drug-likeness (QED) is 0.777. The zero-order valence-electron chi connectivity index (χ0n) is 12.6. The van der Waals surface area contributed by atoms with Crippen LogP contribution in [0, 0.1) is 11.8 Å². The fourth-order valence-electron chi connectivity index (χ4n) is 4.24. The maximum Gasteiger partial charge on any atom is 0.136 e. The van der Waals surface area contributed by atoms with Crippen molar-refractivity contribution in [2.75, 3.05) is 18.1 Å². The summed E-state index contributed by atoms with van der Waals surface area (Å²) < 4.78 is 6.10. The van der Waals surface area contributed by atoms with Crippen LogP contribution in [0.2, 0.25) is 0 Å². The molecule has 1 atom stereocenters. The van der Waals surface area contributed by atoms with Gasteiger partial charge in [0.2, 0.25) is 0 Å². The molecule has 20 heavy (non-hydrogen) atoms. The molecule has 1 spiro atoms. The molecule has 3 heteroatoms. The number of hydrogen-bond acceptors (Lipinski definition) is 3. The molecule has 2 saturated heterocycles. The predicted molar refractivity (Wildman–Crippen MR) is 84.2 cm³/mol. The van der Waals surface area contributed by atoms with Gasteiger partial charge in [-0.2, -0.15) is 11.8 Å². The Morgan fingerprint density at radius 2 is 1.90 bits per heavy atom. The SMILES string of the molecule is O=C(CCC1CCCC1)C1CCOC2(CCSCC2)C1. The van der Waals surface area contributed by atoms with Gasteiger partial charge in [-0.15, -0.1) is 0 Å². The second-order valence-electron chi connectivity index (χ2n) is 6.99. The number of carbonyl (C=O) groups excluding carboxylic acids is 1. The third-order valence-corrected chi connectivity index (χ3v) is 6.61. The van der Waals surface area contributed by atoms with Crippen LogP contribution in [0.25, 0.3) is 0 Å². The van der Waals surface area contributed by atoms with Crippen molar-refractivity contribution >= 4 is 17.5 Å². The summed E-state index contributed by atoms with van der Waals surface area (Å²) in [5, 5.41) is 0. The molecule has 0 N–H and O–H groups in total. The van der Waals surface area contributed by atoms with E-state index in [2.05, 4.69) is 0 Å². The van der Waals surface area contributed by atoms with Gasteiger partial charge >= 0.3 is 0 Å². The van der Waals surface area contributed by atoms with E-state index in [1.807, 2.05) is 11.8 Å². The molecule has 3 aliphatic rings. The minimum absolute atomic E-state index is 0.0667. The van der Waals surface area contributed by atoms with Gasteiger partial charge < -0.3 is 4.74 Å². The highest BCUT2D eigenvalue weighted by molar-refractivity contribution is 7.99. The smallest absolute Gasteiger partial charge is 0.136 e. The predicted octanol–water partition coefficient (Wildman–Crippen LogP) is 4.22. The largest absolute Gasteiger partial charge is 0.375 e. The Balaban J connectivity index is 1.49. The minimum atomic E-state index is 0.0667. The van der Waals surface area contributed by atoms with Crippen molar-refractivity contribution in [2.24, 2.45) is 11.8 Å². The lowest BCUT2D eigenvalue weighted by Crippen LogP contribution is -2.44. The van der Waals surface area contributed by atoms with Gasteiger partial charge in [-0.25, -0.2) is 0 Å². The zero-order chi connectivity index (χ0) is 13.8. The highest BCUT2D eigenvalue weighted by Crippen LogP contribution is 2.40. The van der Waals surface area contributed by atoms with Gasteiger partial charge in [-0.1, -0.05) is 25.7 Å². The summed E-state index contributed by atoms with van der Waals surface area (Å²) >= 11 is 2.03. The number of thioether (sulfide) groups is 1. The molecule has 0 aromatic heterocycles. The van der Waals surface area contributed by atoms with Gasteiger partial charge in [0, 0.05) is 18.9 Å². The monoisotopic (exact) mass is 296 g/mol. The molecule has 3 fully saturated rings. The molecule has 2 aliphatic heterocycles. The van der Waals surface area contributed by atoms with Crippen molar-refractivity contribution in [3.8, 4) is 0 Å². The fraction of sp³-hybridized carbons (Fsp3) is 0.941. The third kappa shape index (κ3) is 3.59. The summed E-state index contributed by atoms with van der Waals surface area (Å²) in [6.45, 7) is 0.810. The number of Topliss-reactive ketones (excluding diaryl/α,β-unsaturated/α-hetero) is 1. The third-order valence-electron chi connectivity index (χ3n) is 5.63. The lowest BCUT2D eigenvalue weighted by atomic mass is 9.79. The Labute approximate surface area is 127 Å². The summed E-state index contributed by atoms with van der Waals surface area (Å²) in [4.78, 5) is 12.5. The topological polar surface area (TPSA) is 26.3 Å². The molecule has 1 unspecified atom stereocenters. The Hall–Kier alpha value is -0.0200. The van der Waals surface area contributed by atoms with Crippen LogP contribution < -0.4 is 0 Å². The van der Waals surface area contributed by atoms with E-state index < -0.39 is 0 Å². The Bertz CT molecular complexity index is 324. The first-order valence-electron chi connectivity index (χ1n) is 8.52. The summed E-state index contributed by atoms with van der Waals surface area (Å²) in [5.74, 6) is 4.11. The summed E-state index contributed by atoms with van der Waals surface area (Å²) in [6.07, 6.45) is 11.8. The van der Waals surface area contributed by atoms with E-state index in [0.717, 1.165) is 51.0 Å². The normalized spacial score (nSPS) is 30.7. The average molecular weight is 296 g/mol. The van der Waals surface area contributed by atoms with Gasteiger partial charge in [0.1, 0.15) is 5.78 Å². The van der Waals surface area contributed by atoms with Crippen LogP contribution in [-0.4, -0.2) is 29.5 Å². The highest BCUT2D eigenvalue weighted by Gasteiger charge is 2.40. The summed E-state index contributed by atoms with van der Waals surface area (Å²) in [5.41, 5.74) is 0.0667. The molecule has 3 rings (SSSR count). The molecular weight excluding hydrogens is 268 g/mol. The fourth-order valence-corrected chi connectivity index (χ4v) is 5.48. The maximum atomic E-state index is 12.5. The highest BCUT2D eigenvalue weighted by atomic mass is 32.2. The van der Waals surface area contributed by atoms with E-state index in [9.17, 15) is 4.79 Å². The van der Waals surface area contributed by atoms with E-state index in [-0.39, 0.29) is 5.60 Å². The van der Waals surface area contributed by atoms with Crippen molar-refractivity contribution in [2.45, 2.75) is 69.8 Å². The van der Waals surface area contributed by atoms with Gasteiger partial charge in [-0.3, -0.25) is 4.79 Å². The number of ether oxygens (including phenoxy) is 1. The number of ketones is 1. The number of hydrogen-bond donors (Lipinski definition) is 0. The van der Waals surface area contributed by atoms with Crippen LogP contribution in [0.3, 0.4) is 0 Å². The van der Waals surface area contributed by atoms with E-state index in [4.69, 9.17) is 4.74 Å². The maximum absolute atomic E-state index is 12.5. The first-order chi connectivity index (χ1) is 9.77. The Morgan fingerprint density at radius 3 is 2.65 bits per heavy atom. The average Bonchev–Trinajstić information content (AvgIpc) is 2.99. The molecule has 2 heterocycles. The second kappa shape index (κ2) is 6.83. The van der Waals surface area contributed by atoms with E-state index in [1.165, 1.54) is 37.2 Å². The lowest BCUT2D eigenvalue weighted by molar-refractivity contribution is -0.138. The van der Waals surface area contributed by atoms with Gasteiger partial charge in [-0.05, 0) is 49.5 Å². The van der Waals surface area contributed by atoms with Crippen molar-refractivity contribution in [1.82, 2.24) is 0 Å². The lowest BCUT2D eigenvalue weighted by Gasteiger charge is -2.43. The van der Waals surface area contributed by atoms with Crippen LogP contribution in [0.1, 0.15) is 64.2 Å². The van der Waals surface area contributed by atoms with Gasteiger partial charge in [0.15, 0.2) is 0 Å². The molecule has 0 aromatic carbocycles. The molecule has 114 valence electrons. The van der Waals surface area contributed by atoms with Crippen LogP contribution in [0.15, 0.2) is 0 Å².